The van der Waals surface area contributed by atoms with Gasteiger partial charge in [-0.05, 0) is 50.4 Å². The van der Waals surface area contributed by atoms with Gasteiger partial charge >= 0.3 is 0 Å². The fourth-order valence-corrected chi connectivity index (χ4v) is 2.63. The van der Waals surface area contributed by atoms with Crippen LogP contribution in [0.4, 0.5) is 11.6 Å². The molecule has 0 aromatic carbocycles. The zero-order valence-electron chi connectivity index (χ0n) is 12.9. The number of pyridine rings is 1. The van der Waals surface area contributed by atoms with Crippen molar-refractivity contribution in [2.75, 3.05) is 43.4 Å². The van der Waals surface area contributed by atoms with Crippen molar-refractivity contribution < 1.29 is 0 Å². The van der Waals surface area contributed by atoms with Crippen molar-refractivity contribution in [3.63, 3.8) is 0 Å². The third-order valence-electron chi connectivity index (χ3n) is 3.71. The van der Waals surface area contributed by atoms with E-state index in [9.17, 15) is 0 Å². The van der Waals surface area contributed by atoms with Gasteiger partial charge < -0.3 is 15.5 Å². The smallest absolute Gasteiger partial charge is 0.128 e. The van der Waals surface area contributed by atoms with Crippen molar-refractivity contribution in [3.8, 4) is 0 Å². The number of nitrogens with zero attached hydrogens (tertiary/aromatic N) is 2. The van der Waals surface area contributed by atoms with E-state index >= 15 is 0 Å². The molecule has 2 heterocycles. The summed E-state index contributed by atoms with van der Waals surface area (Å²) in [5.41, 5.74) is 0. The lowest BCUT2D eigenvalue weighted by Crippen LogP contribution is -2.29. The first-order valence-corrected chi connectivity index (χ1v) is 7.95. The quantitative estimate of drug-likeness (QED) is 0.765. The van der Waals surface area contributed by atoms with E-state index < -0.39 is 0 Å². The molecule has 0 aliphatic carbocycles. The first kappa shape index (κ1) is 15.1. The van der Waals surface area contributed by atoms with Gasteiger partial charge in [-0.3, -0.25) is 0 Å². The van der Waals surface area contributed by atoms with Crippen LogP contribution in [0.1, 0.15) is 33.1 Å². The average molecular weight is 276 g/mol. The predicted octanol–water partition coefficient (Wildman–Crippen LogP) is 3.05. The Morgan fingerprint density at radius 2 is 1.90 bits per heavy atom. The van der Waals surface area contributed by atoms with E-state index in [-0.39, 0.29) is 0 Å². The Balaban J connectivity index is 1.74. The van der Waals surface area contributed by atoms with Gasteiger partial charge in [-0.15, -0.1) is 0 Å². The van der Waals surface area contributed by atoms with Crippen LogP contribution >= 0.6 is 0 Å². The molecular formula is C16H28N4. The maximum absolute atomic E-state index is 4.58. The lowest BCUT2D eigenvalue weighted by Gasteiger charge is -2.20. The molecule has 0 amide bonds. The summed E-state index contributed by atoms with van der Waals surface area (Å²) in [5.74, 6) is 2.59. The van der Waals surface area contributed by atoms with Crippen LogP contribution in [-0.4, -0.2) is 42.6 Å². The van der Waals surface area contributed by atoms with Crippen LogP contribution in [0.3, 0.4) is 0 Å². The Kier molecular flexibility index (Phi) is 6.12. The van der Waals surface area contributed by atoms with Gasteiger partial charge in [-0.2, -0.15) is 0 Å². The van der Waals surface area contributed by atoms with Crippen molar-refractivity contribution in [1.29, 1.82) is 0 Å². The molecule has 1 aromatic rings. The number of anilines is 2. The molecule has 4 heteroatoms. The number of hydrogen-bond donors (Lipinski definition) is 2. The molecule has 1 aliphatic heterocycles. The lowest BCUT2D eigenvalue weighted by atomic mass is 10.1. The number of nitrogens with one attached hydrogen (secondary N) is 2. The minimum Gasteiger partial charge on any atom is -0.370 e. The van der Waals surface area contributed by atoms with Gasteiger partial charge in [0.1, 0.15) is 11.6 Å². The molecule has 0 bridgehead atoms. The normalized spacial score (nSPS) is 17.1. The molecular weight excluding hydrogens is 248 g/mol. The molecule has 2 rings (SSSR count). The van der Waals surface area contributed by atoms with E-state index in [2.05, 4.69) is 40.4 Å². The summed E-state index contributed by atoms with van der Waals surface area (Å²) in [7, 11) is 0. The van der Waals surface area contributed by atoms with Gasteiger partial charge in [0.05, 0.1) is 0 Å². The second-order valence-electron chi connectivity index (χ2n) is 5.83. The molecule has 4 nitrogen and oxygen atoms in total. The van der Waals surface area contributed by atoms with Crippen molar-refractivity contribution in [3.05, 3.63) is 18.2 Å². The molecule has 1 fully saturated rings. The highest BCUT2D eigenvalue weighted by Crippen LogP contribution is 2.12. The summed E-state index contributed by atoms with van der Waals surface area (Å²) in [5, 5.41) is 6.78. The SMILES string of the molecule is CCCNc1cccc(NCC(C)CN2CCCC2)n1. The number of aromatic nitrogens is 1. The van der Waals surface area contributed by atoms with Gasteiger partial charge in [0.15, 0.2) is 0 Å². The van der Waals surface area contributed by atoms with E-state index in [4.69, 9.17) is 0 Å². The summed E-state index contributed by atoms with van der Waals surface area (Å²) >= 11 is 0. The average Bonchev–Trinajstić information content (AvgIpc) is 2.96. The van der Waals surface area contributed by atoms with Crippen LogP contribution in [0.5, 0.6) is 0 Å². The molecule has 1 aromatic heterocycles. The van der Waals surface area contributed by atoms with Crippen LogP contribution in [0, 0.1) is 5.92 Å². The van der Waals surface area contributed by atoms with E-state index in [0.717, 1.165) is 31.1 Å². The van der Waals surface area contributed by atoms with Gasteiger partial charge in [0.25, 0.3) is 0 Å². The second kappa shape index (κ2) is 8.10. The first-order chi connectivity index (χ1) is 9.78. The second-order valence-corrected chi connectivity index (χ2v) is 5.83. The Morgan fingerprint density at radius 3 is 2.60 bits per heavy atom. The summed E-state index contributed by atoms with van der Waals surface area (Å²) < 4.78 is 0. The van der Waals surface area contributed by atoms with E-state index in [1.165, 1.54) is 32.5 Å². The largest absolute Gasteiger partial charge is 0.370 e. The zero-order valence-corrected chi connectivity index (χ0v) is 12.9. The zero-order chi connectivity index (χ0) is 14.2. The number of likely N-dealkylation sites (tertiary alicyclic amines) is 1. The van der Waals surface area contributed by atoms with Crippen LogP contribution in [0.2, 0.25) is 0 Å². The maximum Gasteiger partial charge on any atom is 0.128 e. The molecule has 0 radical (unpaired) electrons. The first-order valence-electron chi connectivity index (χ1n) is 7.95. The minimum absolute atomic E-state index is 0.655. The van der Waals surface area contributed by atoms with Crippen LogP contribution in [0.15, 0.2) is 18.2 Å². The summed E-state index contributed by atoms with van der Waals surface area (Å²) in [6, 6.07) is 6.12. The Morgan fingerprint density at radius 1 is 1.20 bits per heavy atom. The molecule has 2 N–H and O–H groups in total. The van der Waals surface area contributed by atoms with Crippen molar-refractivity contribution in [1.82, 2.24) is 9.88 Å². The Bertz CT molecular complexity index is 388. The van der Waals surface area contributed by atoms with Crippen LogP contribution < -0.4 is 10.6 Å². The molecule has 0 spiro atoms. The molecule has 0 saturated carbocycles. The fraction of sp³-hybridized carbons (Fsp3) is 0.688. The van der Waals surface area contributed by atoms with Crippen molar-refractivity contribution in [2.24, 2.45) is 5.92 Å². The highest BCUT2D eigenvalue weighted by molar-refractivity contribution is 5.45. The van der Waals surface area contributed by atoms with E-state index in [1.54, 1.807) is 0 Å². The highest BCUT2D eigenvalue weighted by Gasteiger charge is 2.14. The number of hydrogen-bond acceptors (Lipinski definition) is 4. The summed E-state index contributed by atoms with van der Waals surface area (Å²) in [4.78, 5) is 7.15. The number of rotatable bonds is 8. The van der Waals surface area contributed by atoms with Crippen LogP contribution in [0.25, 0.3) is 0 Å². The molecule has 112 valence electrons. The third kappa shape index (κ3) is 5.00. The molecule has 1 unspecified atom stereocenters. The minimum atomic E-state index is 0.655. The molecule has 1 saturated heterocycles. The predicted molar refractivity (Wildman–Crippen MR) is 86.3 cm³/mol. The molecule has 1 aliphatic rings. The van der Waals surface area contributed by atoms with Gasteiger partial charge in [-0.1, -0.05) is 19.9 Å². The standard InChI is InChI=1S/C16H28N4/c1-3-9-17-15-7-6-8-16(19-15)18-12-14(2)13-20-10-4-5-11-20/h6-8,14H,3-5,9-13H2,1-2H3,(H2,17,18,19). The molecule has 1 atom stereocenters. The Labute approximate surface area is 123 Å². The van der Waals surface area contributed by atoms with E-state index in [0.29, 0.717) is 5.92 Å². The van der Waals surface area contributed by atoms with Gasteiger partial charge in [0.2, 0.25) is 0 Å². The van der Waals surface area contributed by atoms with Gasteiger partial charge in [-0.25, -0.2) is 4.98 Å². The third-order valence-corrected chi connectivity index (χ3v) is 3.71. The van der Waals surface area contributed by atoms with Crippen LogP contribution in [-0.2, 0) is 0 Å². The monoisotopic (exact) mass is 276 g/mol. The molecule has 20 heavy (non-hydrogen) atoms. The van der Waals surface area contributed by atoms with Gasteiger partial charge in [0, 0.05) is 19.6 Å². The Hall–Kier alpha value is -1.29. The summed E-state index contributed by atoms with van der Waals surface area (Å²) in [6.45, 7) is 10.2. The van der Waals surface area contributed by atoms with Crippen molar-refractivity contribution in [2.45, 2.75) is 33.1 Å². The fourth-order valence-electron chi connectivity index (χ4n) is 2.63. The van der Waals surface area contributed by atoms with Crippen molar-refractivity contribution >= 4 is 11.6 Å². The highest BCUT2D eigenvalue weighted by atomic mass is 15.1. The lowest BCUT2D eigenvalue weighted by molar-refractivity contribution is 0.294. The topological polar surface area (TPSA) is 40.2 Å². The maximum atomic E-state index is 4.58. The van der Waals surface area contributed by atoms with E-state index in [1.807, 2.05) is 12.1 Å². The summed E-state index contributed by atoms with van der Waals surface area (Å²) in [6.07, 6.45) is 3.85.